The van der Waals surface area contributed by atoms with Crippen LogP contribution in [-0.2, 0) is 19.4 Å². The van der Waals surface area contributed by atoms with E-state index in [0.29, 0.717) is 43.0 Å². The molecule has 0 aliphatic heterocycles. The van der Waals surface area contributed by atoms with Crippen LogP contribution in [0.4, 0.5) is 4.39 Å². The smallest absolute Gasteiger partial charge is 0.170 e. The van der Waals surface area contributed by atoms with Crippen molar-refractivity contribution in [3.63, 3.8) is 0 Å². The molecule has 0 amide bonds. The summed E-state index contributed by atoms with van der Waals surface area (Å²) in [5, 5.41) is 19.8. The summed E-state index contributed by atoms with van der Waals surface area (Å²) in [4.78, 5) is 4.70. The number of ether oxygens (including phenoxy) is 1. The van der Waals surface area contributed by atoms with Gasteiger partial charge in [-0.25, -0.2) is 18.7 Å². The molecule has 4 aromatic heterocycles. The van der Waals surface area contributed by atoms with E-state index in [1.54, 1.807) is 16.8 Å². The molecule has 1 fully saturated rings. The molecule has 5 aromatic rings. The molecule has 0 saturated heterocycles. The number of benzene rings is 1. The Kier molecular flexibility index (Phi) is 5.44. The number of hydrogen-bond acceptors (Lipinski definition) is 7. The standard InChI is InChI=1S/C24H24FN9O/c1-35-22-9-8-21(34-15-26-29-31-34)20(24(22)25)4-2-3-18-13-33(30-28-18)14-19-12-32-11-17(16-5-6-16)7-10-23(32)27-19/h7-13,15-16H,2-6,14H2,1H3. The minimum Gasteiger partial charge on any atom is -0.494 e. The van der Waals surface area contributed by atoms with E-state index < -0.39 is 5.82 Å². The molecule has 0 N–H and O–H groups in total. The van der Waals surface area contributed by atoms with Crippen molar-refractivity contribution in [2.24, 2.45) is 0 Å². The molecule has 0 bridgehead atoms. The first kappa shape index (κ1) is 21.4. The second kappa shape index (κ2) is 8.90. The molecule has 4 heterocycles. The fraction of sp³-hybridized carbons (Fsp3) is 0.333. The second-order valence-electron chi connectivity index (χ2n) is 8.83. The minimum atomic E-state index is -0.402. The summed E-state index contributed by atoms with van der Waals surface area (Å²) in [6, 6.07) is 7.58. The van der Waals surface area contributed by atoms with Crippen LogP contribution >= 0.6 is 0 Å². The Hall–Kier alpha value is -4.15. The van der Waals surface area contributed by atoms with E-state index in [-0.39, 0.29) is 5.75 Å². The lowest BCUT2D eigenvalue weighted by Crippen LogP contribution is -2.06. The second-order valence-corrected chi connectivity index (χ2v) is 8.83. The topological polar surface area (TPSA) is 101 Å². The van der Waals surface area contributed by atoms with E-state index in [0.717, 1.165) is 17.0 Å². The van der Waals surface area contributed by atoms with E-state index in [1.807, 2.05) is 6.20 Å². The molecule has 178 valence electrons. The summed E-state index contributed by atoms with van der Waals surface area (Å²) in [6.07, 6.45) is 12.0. The van der Waals surface area contributed by atoms with Crippen LogP contribution in [0, 0.1) is 5.82 Å². The van der Waals surface area contributed by atoms with Crippen LogP contribution in [0.25, 0.3) is 11.3 Å². The van der Waals surface area contributed by atoms with E-state index >= 15 is 4.39 Å². The number of hydrogen-bond donors (Lipinski definition) is 0. The van der Waals surface area contributed by atoms with Gasteiger partial charge in [-0.15, -0.1) is 10.2 Å². The highest BCUT2D eigenvalue weighted by molar-refractivity contribution is 5.46. The number of imidazole rings is 1. The van der Waals surface area contributed by atoms with Crippen molar-refractivity contribution >= 4 is 5.65 Å². The lowest BCUT2D eigenvalue weighted by atomic mass is 10.0. The fourth-order valence-corrected chi connectivity index (χ4v) is 4.41. The van der Waals surface area contributed by atoms with Gasteiger partial charge in [0.1, 0.15) is 12.0 Å². The minimum absolute atomic E-state index is 0.194. The number of tetrazole rings is 1. The van der Waals surface area contributed by atoms with Crippen LogP contribution in [-0.4, -0.2) is 51.7 Å². The van der Waals surface area contributed by atoms with Gasteiger partial charge < -0.3 is 9.14 Å². The maximum Gasteiger partial charge on any atom is 0.170 e. The molecule has 6 rings (SSSR count). The number of aromatic nitrogens is 9. The Balaban J connectivity index is 1.12. The average Bonchev–Trinajstić information content (AvgIpc) is 3.22. The Bertz CT molecular complexity index is 1470. The monoisotopic (exact) mass is 473 g/mol. The summed E-state index contributed by atoms with van der Waals surface area (Å²) in [5.74, 6) is 0.498. The van der Waals surface area contributed by atoms with Gasteiger partial charge in [0, 0.05) is 24.2 Å². The van der Waals surface area contributed by atoms with Gasteiger partial charge in [0.2, 0.25) is 0 Å². The quantitative estimate of drug-likeness (QED) is 0.324. The van der Waals surface area contributed by atoms with Gasteiger partial charge in [-0.05, 0) is 72.2 Å². The molecule has 1 aromatic carbocycles. The Morgan fingerprint density at radius 1 is 1.03 bits per heavy atom. The molecular weight excluding hydrogens is 449 g/mol. The number of pyridine rings is 1. The predicted molar refractivity (Wildman–Crippen MR) is 124 cm³/mol. The number of fused-ring (bicyclic) bond motifs is 1. The highest BCUT2D eigenvalue weighted by atomic mass is 19.1. The predicted octanol–water partition coefficient (Wildman–Crippen LogP) is 3.15. The lowest BCUT2D eigenvalue weighted by molar-refractivity contribution is 0.383. The fourth-order valence-electron chi connectivity index (χ4n) is 4.41. The SMILES string of the molecule is COc1ccc(-n2cnnn2)c(CCCc2cn(Cc3cn4cc(C5CC5)ccc4n3)nn2)c1F. The third-order valence-electron chi connectivity index (χ3n) is 6.34. The summed E-state index contributed by atoms with van der Waals surface area (Å²) in [5.41, 5.74) is 5.17. The molecule has 10 nitrogen and oxygen atoms in total. The first-order valence-corrected chi connectivity index (χ1v) is 11.6. The molecule has 1 saturated carbocycles. The van der Waals surface area contributed by atoms with Crippen LogP contribution in [0.5, 0.6) is 5.75 Å². The Labute approximate surface area is 200 Å². The molecule has 0 spiro atoms. The van der Waals surface area contributed by atoms with E-state index in [2.05, 4.69) is 54.8 Å². The van der Waals surface area contributed by atoms with Crippen molar-refractivity contribution in [1.82, 2.24) is 44.6 Å². The van der Waals surface area contributed by atoms with Crippen LogP contribution in [0.2, 0.25) is 0 Å². The zero-order chi connectivity index (χ0) is 23.8. The zero-order valence-corrected chi connectivity index (χ0v) is 19.2. The van der Waals surface area contributed by atoms with Gasteiger partial charge in [-0.2, -0.15) is 0 Å². The van der Waals surface area contributed by atoms with Crippen LogP contribution in [0.15, 0.2) is 49.2 Å². The first-order valence-electron chi connectivity index (χ1n) is 11.6. The maximum atomic E-state index is 15.0. The summed E-state index contributed by atoms with van der Waals surface area (Å²) in [6.45, 7) is 0.543. The van der Waals surface area contributed by atoms with Gasteiger partial charge >= 0.3 is 0 Å². The third kappa shape index (κ3) is 4.36. The lowest BCUT2D eigenvalue weighted by Gasteiger charge is -2.12. The molecule has 1 aliphatic carbocycles. The van der Waals surface area contributed by atoms with Gasteiger partial charge in [0.15, 0.2) is 11.6 Å². The van der Waals surface area contributed by atoms with Crippen LogP contribution in [0.3, 0.4) is 0 Å². The molecule has 0 atom stereocenters. The third-order valence-corrected chi connectivity index (χ3v) is 6.34. The molecule has 0 unspecified atom stereocenters. The largest absolute Gasteiger partial charge is 0.494 e. The highest BCUT2D eigenvalue weighted by Gasteiger charge is 2.23. The zero-order valence-electron chi connectivity index (χ0n) is 19.2. The summed E-state index contributed by atoms with van der Waals surface area (Å²) < 4.78 is 25.5. The van der Waals surface area contributed by atoms with Crippen molar-refractivity contribution in [2.75, 3.05) is 7.11 Å². The normalized spacial score (nSPS) is 13.5. The first-order chi connectivity index (χ1) is 17.2. The average molecular weight is 474 g/mol. The number of halogens is 1. The van der Waals surface area contributed by atoms with Gasteiger partial charge in [-0.3, -0.25) is 0 Å². The molecule has 11 heteroatoms. The molecule has 1 aliphatic rings. The molecule has 35 heavy (non-hydrogen) atoms. The number of rotatable bonds is 9. The van der Waals surface area contributed by atoms with Crippen molar-refractivity contribution in [2.45, 2.75) is 44.6 Å². The van der Waals surface area contributed by atoms with E-state index in [4.69, 9.17) is 9.72 Å². The van der Waals surface area contributed by atoms with Crippen molar-refractivity contribution in [1.29, 1.82) is 0 Å². The van der Waals surface area contributed by atoms with Crippen molar-refractivity contribution in [3.8, 4) is 11.4 Å². The summed E-state index contributed by atoms with van der Waals surface area (Å²) in [7, 11) is 1.45. The molecular formula is C24H24FN9O. The molecule has 0 radical (unpaired) electrons. The Morgan fingerprint density at radius 3 is 2.74 bits per heavy atom. The van der Waals surface area contributed by atoms with Gasteiger partial charge in [0.25, 0.3) is 0 Å². The highest BCUT2D eigenvalue weighted by Crippen LogP contribution is 2.39. The van der Waals surface area contributed by atoms with Crippen molar-refractivity contribution in [3.05, 3.63) is 77.5 Å². The number of nitrogens with zero attached hydrogens (tertiary/aromatic N) is 9. The van der Waals surface area contributed by atoms with Crippen LogP contribution in [0.1, 0.15) is 47.7 Å². The Morgan fingerprint density at radius 2 is 1.94 bits per heavy atom. The van der Waals surface area contributed by atoms with Gasteiger partial charge in [-0.1, -0.05) is 11.3 Å². The van der Waals surface area contributed by atoms with E-state index in [1.165, 1.54) is 36.5 Å². The summed E-state index contributed by atoms with van der Waals surface area (Å²) >= 11 is 0. The maximum absolute atomic E-state index is 15.0. The number of methoxy groups -OCH3 is 1. The van der Waals surface area contributed by atoms with Crippen LogP contribution < -0.4 is 4.74 Å². The van der Waals surface area contributed by atoms with Gasteiger partial charge in [0.05, 0.1) is 30.7 Å². The van der Waals surface area contributed by atoms with Crippen molar-refractivity contribution < 1.29 is 9.13 Å². The van der Waals surface area contributed by atoms with E-state index in [9.17, 15) is 0 Å². The number of aryl methyl sites for hydroxylation is 1.